The van der Waals surface area contributed by atoms with Crippen molar-refractivity contribution in [3.63, 3.8) is 0 Å². The zero-order valence-electron chi connectivity index (χ0n) is 16.2. The van der Waals surface area contributed by atoms with E-state index in [0.29, 0.717) is 42.2 Å². The summed E-state index contributed by atoms with van der Waals surface area (Å²) in [6, 6.07) is 6.63. The number of halogens is 2. The van der Waals surface area contributed by atoms with Crippen molar-refractivity contribution in [2.45, 2.75) is 31.8 Å². The summed E-state index contributed by atoms with van der Waals surface area (Å²) in [5.74, 6) is -2.36. The lowest BCUT2D eigenvalue weighted by Crippen LogP contribution is -2.37. The largest absolute Gasteiger partial charge is 0.386 e. The number of aryl methyl sites for hydroxylation is 1. The van der Waals surface area contributed by atoms with Crippen LogP contribution in [0.3, 0.4) is 0 Å². The van der Waals surface area contributed by atoms with Gasteiger partial charge in [-0.15, -0.1) is 0 Å². The Bertz CT molecular complexity index is 1050. The lowest BCUT2D eigenvalue weighted by atomic mass is 10.0. The molecule has 0 aromatic carbocycles. The van der Waals surface area contributed by atoms with Crippen molar-refractivity contribution in [2.75, 3.05) is 25.1 Å². The molecule has 1 saturated heterocycles. The number of pyridine rings is 3. The van der Waals surface area contributed by atoms with E-state index in [4.69, 9.17) is 4.74 Å². The minimum atomic E-state index is -2.95. The summed E-state index contributed by atoms with van der Waals surface area (Å²) in [7, 11) is 0. The topological polar surface area (TPSA) is 80.2 Å². The average molecular weight is 400 g/mol. The molecule has 4 heterocycles. The number of nitrogens with one attached hydrogen (secondary N) is 1. The molecule has 1 fully saturated rings. The summed E-state index contributed by atoms with van der Waals surface area (Å²) in [5, 5.41) is 14.4. The highest BCUT2D eigenvalue weighted by atomic mass is 19.3. The Morgan fingerprint density at radius 1 is 1.28 bits per heavy atom. The molecule has 0 saturated carbocycles. The number of nitrogens with zero attached hydrogens (tertiary/aromatic N) is 3. The molecule has 3 aromatic rings. The highest BCUT2D eigenvalue weighted by Gasteiger charge is 2.32. The minimum absolute atomic E-state index is 0.100. The van der Waals surface area contributed by atoms with E-state index in [0.717, 1.165) is 12.3 Å². The van der Waals surface area contributed by atoms with Gasteiger partial charge in [0.2, 0.25) is 0 Å². The lowest BCUT2D eigenvalue weighted by molar-refractivity contribution is 0.0164. The second-order valence-corrected chi connectivity index (χ2v) is 7.52. The van der Waals surface area contributed by atoms with E-state index in [1.807, 2.05) is 6.07 Å². The summed E-state index contributed by atoms with van der Waals surface area (Å²) in [6.07, 6.45) is 3.85. The number of aliphatic hydroxyl groups is 1. The third-order valence-electron chi connectivity index (χ3n) is 5.14. The summed E-state index contributed by atoms with van der Waals surface area (Å²) in [6.45, 7) is 3.55. The van der Waals surface area contributed by atoms with E-state index in [1.54, 1.807) is 31.5 Å². The molecular formula is C21H22F2N4O2. The van der Waals surface area contributed by atoms with E-state index in [9.17, 15) is 13.9 Å². The van der Waals surface area contributed by atoms with Crippen LogP contribution in [0.2, 0.25) is 0 Å². The van der Waals surface area contributed by atoms with Gasteiger partial charge < -0.3 is 15.2 Å². The van der Waals surface area contributed by atoms with Crippen LogP contribution in [0, 0.1) is 6.92 Å². The number of hydrogen-bond donors (Lipinski definition) is 2. The summed E-state index contributed by atoms with van der Waals surface area (Å²) in [5.41, 5.74) is 1.09. The Balaban J connectivity index is 1.71. The molecule has 0 spiro atoms. The average Bonchev–Trinajstić information content (AvgIpc) is 3.12. The fourth-order valence-electron chi connectivity index (χ4n) is 3.56. The normalized spacial score (nSPS) is 19.6. The molecular weight excluding hydrogens is 378 g/mol. The molecule has 0 amide bonds. The Morgan fingerprint density at radius 2 is 2.10 bits per heavy atom. The van der Waals surface area contributed by atoms with Gasteiger partial charge in [-0.3, -0.25) is 9.97 Å². The zero-order chi connectivity index (χ0) is 20.6. The van der Waals surface area contributed by atoms with Crippen LogP contribution in [0.4, 0.5) is 14.6 Å². The first-order valence-electron chi connectivity index (χ1n) is 9.41. The van der Waals surface area contributed by atoms with Crippen molar-refractivity contribution in [1.82, 2.24) is 15.0 Å². The van der Waals surface area contributed by atoms with Gasteiger partial charge in [-0.2, -0.15) is 0 Å². The molecule has 1 atom stereocenters. The number of aromatic nitrogens is 3. The third-order valence-corrected chi connectivity index (χ3v) is 5.14. The van der Waals surface area contributed by atoms with Crippen LogP contribution in [0.25, 0.3) is 22.2 Å². The molecule has 1 unspecified atom stereocenters. The van der Waals surface area contributed by atoms with Gasteiger partial charge in [-0.1, -0.05) is 0 Å². The Hall–Kier alpha value is -2.71. The maximum absolute atomic E-state index is 13.7. The fraction of sp³-hybridized carbons (Fsp3) is 0.381. The van der Waals surface area contributed by atoms with Crippen molar-refractivity contribution < 1.29 is 18.6 Å². The van der Waals surface area contributed by atoms with Crippen LogP contribution in [-0.2, 0) is 10.7 Å². The molecule has 3 aromatic heterocycles. The van der Waals surface area contributed by atoms with Crippen LogP contribution in [0.5, 0.6) is 0 Å². The monoisotopic (exact) mass is 400 g/mol. The summed E-state index contributed by atoms with van der Waals surface area (Å²) in [4.78, 5) is 13.3. The standard InChI is InChI=1S/C21H22F2N4O2/c1-13-16(20(2,22)23)5-6-17(27-13)15-10-25-19(14-4-3-8-24-18(14)15)26-11-21(28)7-9-29-12-21/h3-6,8,10,28H,7,9,11-12H2,1-2H3,(H,25,26). The molecule has 1 aliphatic rings. The summed E-state index contributed by atoms with van der Waals surface area (Å²) < 4.78 is 32.7. The van der Waals surface area contributed by atoms with Crippen molar-refractivity contribution >= 4 is 16.7 Å². The van der Waals surface area contributed by atoms with Crippen LogP contribution in [-0.4, -0.2) is 45.4 Å². The number of hydrogen-bond acceptors (Lipinski definition) is 6. The molecule has 29 heavy (non-hydrogen) atoms. The molecule has 8 heteroatoms. The lowest BCUT2D eigenvalue weighted by Gasteiger charge is -2.21. The Labute approximate surface area is 167 Å². The van der Waals surface area contributed by atoms with Crippen LogP contribution in [0.15, 0.2) is 36.7 Å². The molecule has 0 radical (unpaired) electrons. The molecule has 2 N–H and O–H groups in total. The van der Waals surface area contributed by atoms with Crippen LogP contribution >= 0.6 is 0 Å². The number of ether oxygens (including phenoxy) is 1. The molecule has 1 aliphatic heterocycles. The quantitative estimate of drug-likeness (QED) is 0.680. The van der Waals surface area contributed by atoms with Crippen molar-refractivity contribution in [3.8, 4) is 11.3 Å². The number of alkyl halides is 2. The maximum Gasteiger partial charge on any atom is 0.272 e. The SMILES string of the molecule is Cc1nc(-c2cnc(NCC3(O)CCOC3)c3cccnc23)ccc1C(C)(F)F. The minimum Gasteiger partial charge on any atom is -0.386 e. The van der Waals surface area contributed by atoms with Crippen molar-refractivity contribution in [1.29, 1.82) is 0 Å². The first kappa shape index (κ1) is 19.6. The van der Waals surface area contributed by atoms with Gasteiger partial charge in [-0.05, 0) is 31.2 Å². The van der Waals surface area contributed by atoms with E-state index in [1.165, 1.54) is 6.07 Å². The highest BCUT2D eigenvalue weighted by Crippen LogP contribution is 2.33. The second kappa shape index (κ2) is 7.27. The molecule has 152 valence electrons. The third kappa shape index (κ3) is 3.90. The van der Waals surface area contributed by atoms with Gasteiger partial charge in [0.1, 0.15) is 11.4 Å². The van der Waals surface area contributed by atoms with Gasteiger partial charge in [0.15, 0.2) is 0 Å². The molecule has 0 aliphatic carbocycles. The molecule has 6 nitrogen and oxygen atoms in total. The highest BCUT2D eigenvalue weighted by molar-refractivity contribution is 5.98. The van der Waals surface area contributed by atoms with E-state index >= 15 is 0 Å². The van der Waals surface area contributed by atoms with Gasteiger partial charge >= 0.3 is 0 Å². The fourth-order valence-corrected chi connectivity index (χ4v) is 3.56. The first-order valence-corrected chi connectivity index (χ1v) is 9.41. The van der Waals surface area contributed by atoms with Gasteiger partial charge in [-0.25, -0.2) is 13.8 Å². The predicted molar refractivity (Wildman–Crippen MR) is 106 cm³/mol. The molecule has 4 rings (SSSR count). The van der Waals surface area contributed by atoms with E-state index in [-0.39, 0.29) is 17.9 Å². The number of anilines is 1. The first-order chi connectivity index (χ1) is 13.8. The number of rotatable bonds is 5. The smallest absolute Gasteiger partial charge is 0.272 e. The predicted octanol–water partition coefficient (Wildman–Crippen LogP) is 3.68. The summed E-state index contributed by atoms with van der Waals surface area (Å²) >= 11 is 0. The van der Waals surface area contributed by atoms with Crippen molar-refractivity contribution in [3.05, 3.63) is 47.9 Å². The van der Waals surface area contributed by atoms with Gasteiger partial charge in [0, 0.05) is 61.1 Å². The van der Waals surface area contributed by atoms with Crippen LogP contribution < -0.4 is 5.32 Å². The van der Waals surface area contributed by atoms with E-state index < -0.39 is 11.5 Å². The maximum atomic E-state index is 13.7. The number of fused-ring (bicyclic) bond motifs is 1. The molecule has 0 bridgehead atoms. The van der Waals surface area contributed by atoms with Crippen molar-refractivity contribution in [2.24, 2.45) is 0 Å². The second-order valence-electron chi connectivity index (χ2n) is 7.52. The zero-order valence-corrected chi connectivity index (χ0v) is 16.2. The van der Waals surface area contributed by atoms with Gasteiger partial charge in [0.25, 0.3) is 5.92 Å². The van der Waals surface area contributed by atoms with E-state index in [2.05, 4.69) is 20.3 Å². The Morgan fingerprint density at radius 3 is 2.79 bits per heavy atom. The van der Waals surface area contributed by atoms with Crippen LogP contribution in [0.1, 0.15) is 24.6 Å². The Kier molecular flexibility index (Phi) is 4.92. The van der Waals surface area contributed by atoms with Gasteiger partial charge in [0.05, 0.1) is 17.8 Å².